The smallest absolute Gasteiger partial charge is 0.0395 e. The third kappa shape index (κ3) is 4.59. The molecule has 0 saturated heterocycles. The molecule has 146 valence electrons. The van der Waals surface area contributed by atoms with Gasteiger partial charge < -0.3 is 16.8 Å². The van der Waals surface area contributed by atoms with Crippen molar-refractivity contribution in [3.8, 4) is 11.1 Å². The van der Waals surface area contributed by atoms with E-state index in [-0.39, 0.29) is 24.8 Å². The molecule has 0 fully saturated rings. The van der Waals surface area contributed by atoms with Gasteiger partial charge in [0.2, 0.25) is 0 Å². The molecule has 5 N–H and O–H groups in total. The van der Waals surface area contributed by atoms with Gasteiger partial charge in [0.05, 0.1) is 0 Å². The molecule has 0 atom stereocenters. The number of benzene rings is 3. The first-order valence-corrected chi connectivity index (χ1v) is 9.54. The van der Waals surface area contributed by atoms with Crippen molar-refractivity contribution in [1.29, 1.82) is 0 Å². The van der Waals surface area contributed by atoms with Crippen LogP contribution in [0.4, 0.5) is 11.4 Å². The van der Waals surface area contributed by atoms with Crippen LogP contribution in [0.3, 0.4) is 0 Å². The highest BCUT2D eigenvalue weighted by Crippen LogP contribution is 2.33. The predicted molar refractivity (Wildman–Crippen MR) is 128 cm³/mol. The van der Waals surface area contributed by atoms with Crippen LogP contribution in [0.15, 0.2) is 71.4 Å². The summed E-state index contributed by atoms with van der Waals surface area (Å²) in [6.45, 7) is 1.61. The van der Waals surface area contributed by atoms with Gasteiger partial charge in [-0.05, 0) is 56.4 Å². The summed E-state index contributed by atoms with van der Waals surface area (Å²) in [5, 5.41) is 10.5. The van der Waals surface area contributed by atoms with Crippen molar-refractivity contribution in [1.82, 2.24) is 5.32 Å². The lowest BCUT2D eigenvalue weighted by molar-refractivity contribution is 0.699. The highest BCUT2D eigenvalue weighted by Gasteiger charge is 2.10. The predicted octanol–water partition coefficient (Wildman–Crippen LogP) is 5.87. The molecule has 4 rings (SSSR count). The monoisotopic (exact) mass is 431 g/mol. The fourth-order valence-corrected chi connectivity index (χ4v) is 4.14. The highest BCUT2D eigenvalue weighted by molar-refractivity contribution is 7.08. The molecular formula is C22H23Cl2N3S. The Hall–Kier alpha value is -2.24. The van der Waals surface area contributed by atoms with Gasteiger partial charge in [0.25, 0.3) is 0 Å². The number of fused-ring (bicyclic) bond motifs is 1. The summed E-state index contributed by atoms with van der Waals surface area (Å²) in [6.07, 6.45) is 0. The molecule has 0 amide bonds. The van der Waals surface area contributed by atoms with Crippen LogP contribution >= 0.6 is 36.2 Å². The Morgan fingerprint density at radius 2 is 1.50 bits per heavy atom. The summed E-state index contributed by atoms with van der Waals surface area (Å²) < 4.78 is 0. The van der Waals surface area contributed by atoms with E-state index in [2.05, 4.69) is 58.5 Å². The van der Waals surface area contributed by atoms with E-state index >= 15 is 0 Å². The molecule has 0 unspecified atom stereocenters. The topological polar surface area (TPSA) is 64.1 Å². The average Bonchev–Trinajstić information content (AvgIpc) is 3.12. The molecule has 6 heteroatoms. The number of rotatable bonds is 5. The van der Waals surface area contributed by atoms with Crippen LogP contribution in [-0.2, 0) is 13.1 Å². The molecule has 3 aromatic carbocycles. The summed E-state index contributed by atoms with van der Waals surface area (Å²) in [7, 11) is 0. The zero-order chi connectivity index (χ0) is 17.9. The second kappa shape index (κ2) is 9.80. The Morgan fingerprint density at radius 3 is 2.36 bits per heavy atom. The Morgan fingerprint density at radius 1 is 0.750 bits per heavy atom. The van der Waals surface area contributed by atoms with Crippen molar-refractivity contribution >= 4 is 58.3 Å². The van der Waals surface area contributed by atoms with Crippen molar-refractivity contribution < 1.29 is 0 Å². The third-order valence-electron chi connectivity index (χ3n) is 4.62. The lowest BCUT2D eigenvalue weighted by Crippen LogP contribution is -2.13. The van der Waals surface area contributed by atoms with E-state index in [1.165, 1.54) is 21.9 Å². The first-order valence-electron chi connectivity index (χ1n) is 8.60. The van der Waals surface area contributed by atoms with Gasteiger partial charge in [0.1, 0.15) is 0 Å². The van der Waals surface area contributed by atoms with Crippen molar-refractivity contribution in [2.24, 2.45) is 0 Å². The van der Waals surface area contributed by atoms with Gasteiger partial charge in [-0.15, -0.1) is 24.8 Å². The van der Waals surface area contributed by atoms with Gasteiger partial charge in [-0.1, -0.05) is 42.5 Å². The SMILES string of the molecule is Cl.Cl.Nc1ccc(N)c(-c2cscc2CNCc2cccc3ccccc23)c1. The Balaban J connectivity index is 0.00000140. The van der Waals surface area contributed by atoms with E-state index in [0.29, 0.717) is 0 Å². The third-order valence-corrected chi connectivity index (χ3v) is 5.41. The summed E-state index contributed by atoms with van der Waals surface area (Å²) in [6, 6.07) is 20.6. The summed E-state index contributed by atoms with van der Waals surface area (Å²) in [4.78, 5) is 0. The lowest BCUT2D eigenvalue weighted by atomic mass is 10.0. The number of thiophene rings is 1. The molecule has 0 saturated carbocycles. The van der Waals surface area contributed by atoms with Crippen LogP contribution in [0.25, 0.3) is 21.9 Å². The molecule has 0 aliphatic heterocycles. The quantitative estimate of drug-likeness (QED) is 0.346. The summed E-state index contributed by atoms with van der Waals surface area (Å²) >= 11 is 1.69. The molecule has 0 aliphatic carbocycles. The maximum Gasteiger partial charge on any atom is 0.0395 e. The summed E-state index contributed by atoms with van der Waals surface area (Å²) in [5.41, 5.74) is 18.3. The van der Waals surface area contributed by atoms with Crippen LogP contribution < -0.4 is 16.8 Å². The van der Waals surface area contributed by atoms with Crippen molar-refractivity contribution in [3.63, 3.8) is 0 Å². The van der Waals surface area contributed by atoms with Gasteiger partial charge in [-0.2, -0.15) is 11.3 Å². The Kier molecular flexibility index (Phi) is 7.72. The van der Waals surface area contributed by atoms with Crippen molar-refractivity contribution in [3.05, 3.63) is 82.6 Å². The zero-order valence-corrected chi connectivity index (χ0v) is 17.7. The molecule has 0 radical (unpaired) electrons. The first kappa shape index (κ1) is 22.1. The van der Waals surface area contributed by atoms with Crippen molar-refractivity contribution in [2.45, 2.75) is 13.1 Å². The maximum atomic E-state index is 6.16. The highest BCUT2D eigenvalue weighted by atomic mass is 35.5. The second-order valence-electron chi connectivity index (χ2n) is 6.40. The van der Waals surface area contributed by atoms with Crippen LogP contribution in [-0.4, -0.2) is 0 Å². The number of nitrogen functional groups attached to an aromatic ring is 2. The minimum absolute atomic E-state index is 0. The number of hydrogen-bond acceptors (Lipinski definition) is 4. The first-order chi connectivity index (χ1) is 12.7. The van der Waals surface area contributed by atoms with Crippen LogP contribution in [0, 0.1) is 0 Å². The molecule has 0 bridgehead atoms. The van der Waals surface area contributed by atoms with E-state index in [4.69, 9.17) is 11.5 Å². The van der Waals surface area contributed by atoms with E-state index in [9.17, 15) is 0 Å². The molecule has 1 aromatic heterocycles. The molecule has 0 spiro atoms. The Labute approximate surface area is 181 Å². The maximum absolute atomic E-state index is 6.16. The number of anilines is 2. The van der Waals surface area contributed by atoms with E-state index in [1.54, 1.807) is 11.3 Å². The van der Waals surface area contributed by atoms with E-state index in [1.807, 2.05) is 18.2 Å². The minimum Gasteiger partial charge on any atom is -0.399 e. The van der Waals surface area contributed by atoms with Gasteiger partial charge in [-0.25, -0.2) is 0 Å². The minimum atomic E-state index is 0. The summed E-state index contributed by atoms with van der Waals surface area (Å²) in [5.74, 6) is 0. The van der Waals surface area contributed by atoms with Crippen LogP contribution in [0.2, 0.25) is 0 Å². The molecule has 0 aliphatic rings. The van der Waals surface area contributed by atoms with E-state index in [0.717, 1.165) is 35.6 Å². The van der Waals surface area contributed by atoms with Gasteiger partial charge in [-0.3, -0.25) is 0 Å². The molecule has 4 aromatic rings. The lowest BCUT2D eigenvalue weighted by Gasteiger charge is -2.11. The number of nitrogens with two attached hydrogens (primary N) is 2. The molecule has 1 heterocycles. The van der Waals surface area contributed by atoms with Crippen molar-refractivity contribution in [2.75, 3.05) is 11.5 Å². The fraction of sp³-hybridized carbons (Fsp3) is 0.0909. The zero-order valence-electron chi connectivity index (χ0n) is 15.2. The number of hydrogen-bond donors (Lipinski definition) is 3. The van der Waals surface area contributed by atoms with E-state index < -0.39 is 0 Å². The van der Waals surface area contributed by atoms with Gasteiger partial charge in [0.15, 0.2) is 0 Å². The molecular weight excluding hydrogens is 409 g/mol. The van der Waals surface area contributed by atoms with Gasteiger partial charge in [0, 0.05) is 30.0 Å². The Bertz CT molecular complexity index is 1060. The second-order valence-corrected chi connectivity index (χ2v) is 7.14. The van der Waals surface area contributed by atoms with Gasteiger partial charge >= 0.3 is 0 Å². The van der Waals surface area contributed by atoms with Crippen LogP contribution in [0.1, 0.15) is 11.1 Å². The fourth-order valence-electron chi connectivity index (χ4n) is 3.28. The average molecular weight is 432 g/mol. The molecule has 28 heavy (non-hydrogen) atoms. The molecule has 3 nitrogen and oxygen atoms in total. The number of nitrogens with one attached hydrogen (secondary N) is 1. The normalized spacial score (nSPS) is 10.3. The number of halogens is 2. The largest absolute Gasteiger partial charge is 0.399 e. The standard InChI is InChI=1S/C22H21N3S.2ClH/c23-18-8-9-22(24)20(10-18)21-14-26-13-17(21)12-25-11-16-6-3-5-15-4-1-2-7-19(15)16;;/h1-10,13-14,25H,11-12,23-24H2;2*1H. The van der Waals surface area contributed by atoms with Crippen LogP contribution in [0.5, 0.6) is 0 Å².